The van der Waals surface area contributed by atoms with Crippen molar-refractivity contribution < 1.29 is 27.8 Å². The third-order valence-corrected chi connectivity index (χ3v) is 6.02. The van der Waals surface area contributed by atoms with Gasteiger partial charge >= 0.3 is 6.36 Å². The van der Waals surface area contributed by atoms with E-state index >= 15 is 0 Å². The topological polar surface area (TPSA) is 41.9 Å². The van der Waals surface area contributed by atoms with Crippen LogP contribution in [-0.2, 0) is 13.0 Å². The lowest BCUT2D eigenvalue weighted by molar-refractivity contribution is -0.274. The van der Waals surface area contributed by atoms with Crippen LogP contribution in [0, 0.1) is 0 Å². The number of aromatic hydroxyl groups is 1. The monoisotopic (exact) mass is 435 g/mol. The second-order valence-corrected chi connectivity index (χ2v) is 8.04. The molecule has 1 unspecified atom stereocenters. The van der Waals surface area contributed by atoms with Gasteiger partial charge in [-0.15, -0.1) is 24.5 Å². The van der Waals surface area contributed by atoms with E-state index in [0.29, 0.717) is 25.3 Å². The van der Waals surface area contributed by atoms with Gasteiger partial charge in [-0.1, -0.05) is 18.2 Å². The fraction of sp³-hybridized carbons (Fsp3) is 0.273. The number of phenols is 1. The van der Waals surface area contributed by atoms with Gasteiger partial charge < -0.3 is 14.6 Å². The molecule has 0 radical (unpaired) electrons. The average molecular weight is 435 g/mol. The average Bonchev–Trinajstić information content (AvgIpc) is 3.20. The standard InChI is InChI=1S/C22H20F3NO3S/c1-28-19-12-17-15(11-18(19)27)7-8-26(21(17)20-6-3-9-30-20)13-14-4-2-5-16(10-14)29-22(23,24)25/h2-6,9-12,21,27H,7-8,13H2,1H3. The van der Waals surface area contributed by atoms with Crippen LogP contribution < -0.4 is 9.47 Å². The molecule has 4 nitrogen and oxygen atoms in total. The number of halogens is 3. The Morgan fingerprint density at radius 2 is 2.00 bits per heavy atom. The molecule has 1 aromatic heterocycles. The molecule has 0 amide bonds. The van der Waals surface area contributed by atoms with Gasteiger partial charge in [-0.05, 0) is 58.8 Å². The summed E-state index contributed by atoms with van der Waals surface area (Å²) in [6, 6.07) is 13.6. The van der Waals surface area contributed by atoms with Crippen LogP contribution in [0.15, 0.2) is 53.9 Å². The minimum absolute atomic E-state index is 0.0876. The summed E-state index contributed by atoms with van der Waals surface area (Å²) in [5.41, 5.74) is 2.80. The molecule has 158 valence electrons. The summed E-state index contributed by atoms with van der Waals surface area (Å²) < 4.78 is 47.1. The van der Waals surface area contributed by atoms with Gasteiger partial charge in [-0.2, -0.15) is 0 Å². The second-order valence-electron chi connectivity index (χ2n) is 7.06. The van der Waals surface area contributed by atoms with E-state index in [4.69, 9.17) is 4.74 Å². The molecule has 2 heterocycles. The van der Waals surface area contributed by atoms with E-state index < -0.39 is 6.36 Å². The Morgan fingerprint density at radius 3 is 2.70 bits per heavy atom. The van der Waals surface area contributed by atoms with Crippen molar-refractivity contribution in [1.82, 2.24) is 4.90 Å². The number of hydrogen-bond acceptors (Lipinski definition) is 5. The highest BCUT2D eigenvalue weighted by Crippen LogP contribution is 2.42. The van der Waals surface area contributed by atoms with Gasteiger partial charge in [0.1, 0.15) is 5.75 Å². The smallest absolute Gasteiger partial charge is 0.504 e. The third kappa shape index (κ3) is 4.39. The summed E-state index contributed by atoms with van der Waals surface area (Å²) in [4.78, 5) is 3.34. The Morgan fingerprint density at radius 1 is 1.17 bits per heavy atom. The fourth-order valence-electron chi connectivity index (χ4n) is 3.88. The van der Waals surface area contributed by atoms with E-state index in [1.807, 2.05) is 23.6 Å². The van der Waals surface area contributed by atoms with Crippen molar-refractivity contribution in [2.45, 2.75) is 25.4 Å². The normalized spacial score (nSPS) is 16.9. The zero-order valence-electron chi connectivity index (χ0n) is 16.1. The lowest BCUT2D eigenvalue weighted by atomic mass is 9.90. The van der Waals surface area contributed by atoms with Crippen molar-refractivity contribution in [3.05, 3.63) is 75.5 Å². The molecule has 8 heteroatoms. The van der Waals surface area contributed by atoms with E-state index in [-0.39, 0.29) is 17.5 Å². The molecule has 0 saturated heterocycles. The van der Waals surface area contributed by atoms with Crippen molar-refractivity contribution in [3.8, 4) is 17.2 Å². The van der Waals surface area contributed by atoms with Crippen LogP contribution in [0.4, 0.5) is 13.2 Å². The predicted octanol–water partition coefficient (Wildman–Crippen LogP) is 5.51. The van der Waals surface area contributed by atoms with Crippen molar-refractivity contribution in [2.75, 3.05) is 13.7 Å². The summed E-state index contributed by atoms with van der Waals surface area (Å²) in [5, 5.41) is 12.2. The highest BCUT2D eigenvalue weighted by atomic mass is 32.1. The molecule has 4 rings (SSSR count). The maximum absolute atomic E-state index is 12.6. The lowest BCUT2D eigenvalue weighted by Crippen LogP contribution is -2.35. The predicted molar refractivity (Wildman–Crippen MR) is 108 cm³/mol. The van der Waals surface area contributed by atoms with Crippen LogP contribution in [0.5, 0.6) is 17.2 Å². The van der Waals surface area contributed by atoms with Gasteiger partial charge in [0, 0.05) is 18.0 Å². The minimum Gasteiger partial charge on any atom is -0.504 e. The van der Waals surface area contributed by atoms with Gasteiger partial charge in [-0.25, -0.2) is 0 Å². The zero-order valence-corrected chi connectivity index (χ0v) is 17.0. The maximum Gasteiger partial charge on any atom is 0.573 e. The summed E-state index contributed by atoms with van der Waals surface area (Å²) in [5.74, 6) is 0.279. The number of ether oxygens (including phenoxy) is 2. The number of fused-ring (bicyclic) bond motifs is 1. The summed E-state index contributed by atoms with van der Waals surface area (Å²) in [6.45, 7) is 1.16. The molecule has 0 saturated carbocycles. The van der Waals surface area contributed by atoms with E-state index in [0.717, 1.165) is 21.6 Å². The van der Waals surface area contributed by atoms with Gasteiger partial charge in [0.25, 0.3) is 0 Å². The molecule has 0 fully saturated rings. The highest BCUT2D eigenvalue weighted by molar-refractivity contribution is 7.10. The zero-order chi connectivity index (χ0) is 21.3. The first-order chi connectivity index (χ1) is 14.3. The quantitative estimate of drug-likeness (QED) is 0.574. The molecule has 1 atom stereocenters. The SMILES string of the molecule is COc1cc2c(cc1O)CCN(Cc1cccc(OC(F)(F)F)c1)C2c1cccs1. The number of benzene rings is 2. The molecule has 1 N–H and O–H groups in total. The number of rotatable bonds is 5. The number of nitrogens with zero attached hydrogens (tertiary/aromatic N) is 1. The molecular weight excluding hydrogens is 415 g/mol. The summed E-state index contributed by atoms with van der Waals surface area (Å²) in [7, 11) is 1.51. The van der Waals surface area contributed by atoms with Crippen LogP contribution >= 0.6 is 11.3 Å². The number of thiophene rings is 1. The van der Waals surface area contributed by atoms with E-state index in [1.54, 1.807) is 29.5 Å². The summed E-state index contributed by atoms with van der Waals surface area (Å²) in [6.07, 6.45) is -4.01. The van der Waals surface area contributed by atoms with Gasteiger partial charge in [0.05, 0.1) is 13.2 Å². The highest BCUT2D eigenvalue weighted by Gasteiger charge is 2.32. The maximum atomic E-state index is 12.6. The Kier molecular flexibility index (Phi) is 5.62. The first-order valence-corrected chi connectivity index (χ1v) is 10.2. The molecule has 0 bridgehead atoms. The van der Waals surface area contributed by atoms with E-state index in [9.17, 15) is 18.3 Å². The lowest BCUT2D eigenvalue weighted by Gasteiger charge is -2.37. The fourth-order valence-corrected chi connectivity index (χ4v) is 4.75. The van der Waals surface area contributed by atoms with Crippen LogP contribution in [0.2, 0.25) is 0 Å². The van der Waals surface area contributed by atoms with Gasteiger partial charge in [0.15, 0.2) is 11.5 Å². The molecule has 0 aliphatic carbocycles. The van der Waals surface area contributed by atoms with Crippen molar-refractivity contribution >= 4 is 11.3 Å². The van der Waals surface area contributed by atoms with Crippen LogP contribution in [0.3, 0.4) is 0 Å². The van der Waals surface area contributed by atoms with Crippen LogP contribution in [0.25, 0.3) is 0 Å². The van der Waals surface area contributed by atoms with Gasteiger partial charge in [0.2, 0.25) is 0 Å². The third-order valence-electron chi connectivity index (χ3n) is 5.10. The molecule has 3 aromatic rings. The minimum atomic E-state index is -4.72. The van der Waals surface area contributed by atoms with Crippen LogP contribution in [-0.4, -0.2) is 30.0 Å². The Balaban J connectivity index is 1.68. The molecule has 30 heavy (non-hydrogen) atoms. The largest absolute Gasteiger partial charge is 0.573 e. The number of phenolic OH excluding ortho intramolecular Hbond substituents is 1. The summed E-state index contributed by atoms with van der Waals surface area (Å²) >= 11 is 1.62. The van der Waals surface area contributed by atoms with E-state index in [1.165, 1.54) is 19.2 Å². The molecule has 2 aromatic carbocycles. The second kappa shape index (κ2) is 8.20. The van der Waals surface area contributed by atoms with E-state index in [2.05, 4.69) is 9.64 Å². The molecule has 1 aliphatic rings. The number of hydrogen-bond donors (Lipinski definition) is 1. The van der Waals surface area contributed by atoms with Crippen molar-refractivity contribution in [3.63, 3.8) is 0 Å². The Hall–Kier alpha value is -2.71. The Bertz CT molecular complexity index is 1020. The van der Waals surface area contributed by atoms with Crippen LogP contribution in [0.1, 0.15) is 27.6 Å². The number of methoxy groups -OCH3 is 1. The van der Waals surface area contributed by atoms with Crippen molar-refractivity contribution in [2.24, 2.45) is 0 Å². The first kappa shape index (κ1) is 20.6. The molecular formula is C22H20F3NO3S. The Labute approximate surface area is 176 Å². The van der Waals surface area contributed by atoms with Crippen molar-refractivity contribution in [1.29, 1.82) is 0 Å². The molecule has 0 spiro atoms. The van der Waals surface area contributed by atoms with Gasteiger partial charge in [-0.3, -0.25) is 4.90 Å². The molecule has 1 aliphatic heterocycles. The first-order valence-electron chi connectivity index (χ1n) is 9.36. The number of alkyl halides is 3.